The Morgan fingerprint density at radius 3 is 2.92 bits per heavy atom. The van der Waals surface area contributed by atoms with Crippen LogP contribution in [0.1, 0.15) is 16.8 Å². The molecule has 3 heterocycles. The molecule has 26 heavy (non-hydrogen) atoms. The number of nitrogens with two attached hydrogens (primary N) is 1. The highest BCUT2D eigenvalue weighted by atomic mass is 19.1. The Balaban J connectivity index is 1.85. The van der Waals surface area contributed by atoms with Gasteiger partial charge < -0.3 is 26.4 Å². The van der Waals surface area contributed by atoms with Crippen LogP contribution in [0.5, 0.6) is 0 Å². The molecule has 1 fully saturated rings. The van der Waals surface area contributed by atoms with E-state index in [4.69, 9.17) is 10.5 Å². The molecule has 2 unspecified atom stereocenters. The number of carbonyl (C=O) groups is 1. The summed E-state index contributed by atoms with van der Waals surface area (Å²) in [6.45, 7) is 1.27. The Morgan fingerprint density at radius 1 is 1.35 bits per heavy atom. The number of likely N-dealkylation sites (N-methyl/N-ethyl adjacent to an activating group) is 1. The molecule has 0 spiro atoms. The summed E-state index contributed by atoms with van der Waals surface area (Å²) in [7, 11) is 1.88. The van der Waals surface area contributed by atoms with E-state index in [1.165, 1.54) is 12.3 Å². The molecule has 0 aromatic carbocycles. The molecule has 9 heteroatoms. The van der Waals surface area contributed by atoms with Crippen LogP contribution in [0, 0.1) is 5.82 Å². The maximum atomic E-state index is 13.4. The van der Waals surface area contributed by atoms with Crippen LogP contribution >= 0.6 is 0 Å². The van der Waals surface area contributed by atoms with Gasteiger partial charge in [-0.15, -0.1) is 0 Å². The van der Waals surface area contributed by atoms with Crippen molar-refractivity contribution in [1.82, 2.24) is 15.3 Å². The van der Waals surface area contributed by atoms with E-state index in [2.05, 4.69) is 25.9 Å². The lowest BCUT2D eigenvalue weighted by atomic mass is 10.0. The Hall–Kier alpha value is -2.78. The van der Waals surface area contributed by atoms with Crippen molar-refractivity contribution in [1.29, 1.82) is 0 Å². The fraction of sp³-hybridized carbons (Fsp3) is 0.353. The summed E-state index contributed by atoms with van der Waals surface area (Å²) in [6, 6.07) is 4.81. The summed E-state index contributed by atoms with van der Waals surface area (Å²) in [6.07, 6.45) is 3.35. The molecular weight excluding hydrogens is 339 g/mol. The SMILES string of the molecule is CNC1COCCC1Nc1ccc(C(N)=O)c(Nc2cncc(F)c2)n1. The minimum Gasteiger partial charge on any atom is -0.380 e. The predicted molar refractivity (Wildman–Crippen MR) is 95.9 cm³/mol. The minimum absolute atomic E-state index is 0.129. The number of hydrogen-bond acceptors (Lipinski definition) is 7. The molecule has 2 atom stereocenters. The third-order valence-corrected chi connectivity index (χ3v) is 4.19. The molecule has 3 rings (SSSR count). The minimum atomic E-state index is -0.630. The van der Waals surface area contributed by atoms with Crippen LogP contribution in [0.15, 0.2) is 30.6 Å². The smallest absolute Gasteiger partial charge is 0.252 e. The summed E-state index contributed by atoms with van der Waals surface area (Å²) in [4.78, 5) is 19.9. The molecule has 0 aliphatic carbocycles. The first-order valence-corrected chi connectivity index (χ1v) is 8.27. The molecule has 1 aliphatic rings. The van der Waals surface area contributed by atoms with E-state index < -0.39 is 11.7 Å². The second kappa shape index (κ2) is 8.07. The highest BCUT2D eigenvalue weighted by Gasteiger charge is 2.25. The van der Waals surface area contributed by atoms with E-state index in [1.54, 1.807) is 12.1 Å². The Bertz CT molecular complexity index is 788. The number of primary amides is 1. The van der Waals surface area contributed by atoms with Gasteiger partial charge in [0.2, 0.25) is 0 Å². The van der Waals surface area contributed by atoms with Gasteiger partial charge >= 0.3 is 0 Å². The maximum absolute atomic E-state index is 13.4. The van der Waals surface area contributed by atoms with Gasteiger partial charge in [-0.05, 0) is 25.6 Å². The Labute approximate surface area is 150 Å². The van der Waals surface area contributed by atoms with Crippen molar-refractivity contribution in [2.75, 3.05) is 30.9 Å². The van der Waals surface area contributed by atoms with Crippen LogP contribution < -0.4 is 21.7 Å². The summed E-state index contributed by atoms with van der Waals surface area (Å²) >= 11 is 0. The normalized spacial score (nSPS) is 19.8. The first-order valence-electron chi connectivity index (χ1n) is 8.27. The maximum Gasteiger partial charge on any atom is 0.252 e. The number of nitrogens with zero attached hydrogens (tertiary/aromatic N) is 2. The number of pyridine rings is 2. The van der Waals surface area contributed by atoms with Gasteiger partial charge in [-0.2, -0.15) is 0 Å². The average Bonchev–Trinajstić information content (AvgIpc) is 2.62. The van der Waals surface area contributed by atoms with Crippen LogP contribution in [-0.4, -0.2) is 48.2 Å². The van der Waals surface area contributed by atoms with E-state index in [1.807, 2.05) is 7.05 Å². The zero-order chi connectivity index (χ0) is 18.5. The lowest BCUT2D eigenvalue weighted by Gasteiger charge is -2.32. The van der Waals surface area contributed by atoms with E-state index in [0.717, 1.165) is 12.6 Å². The molecule has 2 aromatic heterocycles. The number of hydrogen-bond donors (Lipinski definition) is 4. The molecule has 8 nitrogen and oxygen atoms in total. The number of amides is 1. The van der Waals surface area contributed by atoms with Crippen molar-refractivity contribution in [3.63, 3.8) is 0 Å². The van der Waals surface area contributed by atoms with Gasteiger partial charge in [-0.3, -0.25) is 9.78 Å². The van der Waals surface area contributed by atoms with Crippen molar-refractivity contribution in [3.05, 3.63) is 42.0 Å². The van der Waals surface area contributed by atoms with Gasteiger partial charge in [0.1, 0.15) is 17.5 Å². The van der Waals surface area contributed by atoms with Gasteiger partial charge in [0, 0.05) is 18.7 Å². The van der Waals surface area contributed by atoms with Crippen LogP contribution in [0.25, 0.3) is 0 Å². The van der Waals surface area contributed by atoms with E-state index >= 15 is 0 Å². The summed E-state index contributed by atoms with van der Waals surface area (Å²) in [5, 5.41) is 9.46. The zero-order valence-corrected chi connectivity index (χ0v) is 14.3. The van der Waals surface area contributed by atoms with Crippen LogP contribution in [0.4, 0.5) is 21.7 Å². The monoisotopic (exact) mass is 360 g/mol. The van der Waals surface area contributed by atoms with Crippen LogP contribution in [-0.2, 0) is 4.74 Å². The van der Waals surface area contributed by atoms with E-state index in [0.29, 0.717) is 24.7 Å². The van der Waals surface area contributed by atoms with Crippen LogP contribution in [0.3, 0.4) is 0 Å². The molecular formula is C17H21FN6O2. The average molecular weight is 360 g/mol. The first-order chi connectivity index (χ1) is 12.6. The molecule has 0 saturated carbocycles. The Morgan fingerprint density at radius 2 is 2.19 bits per heavy atom. The molecule has 0 radical (unpaired) electrons. The number of carbonyl (C=O) groups excluding carboxylic acids is 1. The molecule has 1 amide bonds. The van der Waals surface area contributed by atoms with Gasteiger partial charge in [-0.1, -0.05) is 0 Å². The topological polar surface area (TPSA) is 114 Å². The van der Waals surface area contributed by atoms with E-state index in [-0.39, 0.29) is 23.5 Å². The fourth-order valence-corrected chi connectivity index (χ4v) is 2.84. The predicted octanol–water partition coefficient (Wildman–Crippen LogP) is 1.25. The molecule has 0 bridgehead atoms. The molecule has 1 saturated heterocycles. The first kappa shape index (κ1) is 18.0. The number of nitrogens with one attached hydrogen (secondary N) is 3. The third kappa shape index (κ3) is 4.24. The highest BCUT2D eigenvalue weighted by molar-refractivity contribution is 5.98. The molecule has 138 valence electrons. The zero-order valence-electron chi connectivity index (χ0n) is 14.3. The fourth-order valence-electron chi connectivity index (χ4n) is 2.84. The summed E-state index contributed by atoms with van der Waals surface area (Å²) < 4.78 is 18.8. The molecule has 2 aromatic rings. The van der Waals surface area contributed by atoms with Crippen molar-refractivity contribution >= 4 is 23.2 Å². The van der Waals surface area contributed by atoms with Crippen molar-refractivity contribution in [2.24, 2.45) is 5.73 Å². The molecule has 5 N–H and O–H groups in total. The third-order valence-electron chi connectivity index (χ3n) is 4.19. The second-order valence-electron chi connectivity index (χ2n) is 5.98. The van der Waals surface area contributed by atoms with Crippen molar-refractivity contribution in [3.8, 4) is 0 Å². The number of anilines is 3. The van der Waals surface area contributed by atoms with Crippen molar-refractivity contribution in [2.45, 2.75) is 18.5 Å². The highest BCUT2D eigenvalue weighted by Crippen LogP contribution is 2.22. The lowest BCUT2D eigenvalue weighted by Crippen LogP contribution is -2.49. The second-order valence-corrected chi connectivity index (χ2v) is 5.98. The molecule has 1 aliphatic heterocycles. The van der Waals surface area contributed by atoms with Gasteiger partial charge in [0.15, 0.2) is 0 Å². The van der Waals surface area contributed by atoms with Crippen molar-refractivity contribution < 1.29 is 13.9 Å². The number of rotatable bonds is 6. The number of ether oxygens (including phenoxy) is 1. The quantitative estimate of drug-likeness (QED) is 0.613. The van der Waals surface area contributed by atoms with E-state index in [9.17, 15) is 9.18 Å². The van der Waals surface area contributed by atoms with Gasteiger partial charge in [0.25, 0.3) is 5.91 Å². The summed E-state index contributed by atoms with van der Waals surface area (Å²) in [5.41, 5.74) is 6.00. The summed E-state index contributed by atoms with van der Waals surface area (Å²) in [5.74, 6) is -0.309. The van der Waals surface area contributed by atoms with Crippen LogP contribution in [0.2, 0.25) is 0 Å². The van der Waals surface area contributed by atoms with Gasteiger partial charge in [-0.25, -0.2) is 9.37 Å². The number of halogens is 1. The Kier molecular flexibility index (Phi) is 5.59. The number of aromatic nitrogens is 2. The lowest BCUT2D eigenvalue weighted by molar-refractivity contribution is 0.0657. The largest absolute Gasteiger partial charge is 0.380 e. The standard InChI is InChI=1S/C17H21FN6O2/c1-20-14-9-26-5-4-13(14)23-15-3-2-12(16(19)25)17(24-15)22-11-6-10(18)7-21-8-11/h2-3,6-8,13-14,20H,4-5,9H2,1H3,(H2,19,25)(H2,22,23,24). The van der Waals surface area contributed by atoms with Gasteiger partial charge in [0.05, 0.1) is 36.3 Å².